The fourth-order valence-corrected chi connectivity index (χ4v) is 2.14. The van der Waals surface area contributed by atoms with Crippen LogP contribution in [0.15, 0.2) is 30.5 Å². The molecule has 1 atom stereocenters. The van der Waals surface area contributed by atoms with Crippen molar-refractivity contribution < 1.29 is 4.74 Å². The highest BCUT2D eigenvalue weighted by Gasteiger charge is 2.15. The van der Waals surface area contributed by atoms with Crippen molar-refractivity contribution in [3.63, 3.8) is 0 Å². The van der Waals surface area contributed by atoms with Gasteiger partial charge in [-0.05, 0) is 24.2 Å². The van der Waals surface area contributed by atoms with Gasteiger partial charge in [0.25, 0.3) is 0 Å². The maximum Gasteiger partial charge on any atom is 0.118 e. The molecular weight excluding hydrogens is 234 g/mol. The molecule has 0 radical (unpaired) electrons. The summed E-state index contributed by atoms with van der Waals surface area (Å²) in [6.07, 6.45) is 1.81. The third-order valence-corrected chi connectivity index (χ3v) is 3.02. The van der Waals surface area contributed by atoms with E-state index in [0.29, 0.717) is 0 Å². The molecule has 90 valence electrons. The summed E-state index contributed by atoms with van der Waals surface area (Å²) in [7, 11) is 1.67. The smallest absolute Gasteiger partial charge is 0.118 e. The third-order valence-electron chi connectivity index (χ3n) is 2.53. The predicted octanol–water partition coefficient (Wildman–Crippen LogP) is 2.25. The fraction of sp³-hybridized carbons (Fsp3) is 0.333. The molecule has 17 heavy (non-hydrogen) atoms. The van der Waals surface area contributed by atoms with Crippen LogP contribution in [0.2, 0.25) is 0 Å². The molecule has 1 N–H and O–H groups in total. The van der Waals surface area contributed by atoms with E-state index in [2.05, 4.69) is 21.0 Å². The molecule has 0 saturated carbocycles. The van der Waals surface area contributed by atoms with E-state index in [4.69, 9.17) is 4.74 Å². The Morgan fingerprint density at radius 1 is 1.35 bits per heavy atom. The average Bonchev–Trinajstić information content (AvgIpc) is 2.90. The maximum absolute atomic E-state index is 5.15. The molecule has 0 aliphatic rings. The highest BCUT2D eigenvalue weighted by molar-refractivity contribution is 6.99. The second-order valence-electron chi connectivity index (χ2n) is 3.60. The maximum atomic E-state index is 5.15. The number of benzene rings is 1. The first kappa shape index (κ1) is 12.0. The molecule has 2 aromatic rings. The zero-order valence-corrected chi connectivity index (χ0v) is 10.7. The first-order chi connectivity index (χ1) is 8.35. The van der Waals surface area contributed by atoms with Crippen molar-refractivity contribution in [2.75, 3.05) is 13.7 Å². The summed E-state index contributed by atoms with van der Waals surface area (Å²) < 4.78 is 13.5. The fourth-order valence-electron chi connectivity index (χ4n) is 1.69. The zero-order valence-electron chi connectivity index (χ0n) is 9.88. The van der Waals surface area contributed by atoms with E-state index in [1.807, 2.05) is 30.5 Å². The van der Waals surface area contributed by atoms with Crippen LogP contribution in [0.5, 0.6) is 5.75 Å². The SMILES string of the molecule is CCNC(c1ccc(OC)cc1)c1cnsn1. The van der Waals surface area contributed by atoms with Crippen LogP contribution in [-0.4, -0.2) is 22.4 Å². The summed E-state index contributed by atoms with van der Waals surface area (Å²) in [6, 6.07) is 8.11. The first-order valence-corrected chi connectivity index (χ1v) is 6.23. The molecule has 5 heteroatoms. The minimum Gasteiger partial charge on any atom is -0.497 e. The van der Waals surface area contributed by atoms with Gasteiger partial charge in [0, 0.05) is 0 Å². The predicted molar refractivity (Wildman–Crippen MR) is 68.4 cm³/mol. The van der Waals surface area contributed by atoms with Crippen molar-refractivity contribution in [1.82, 2.24) is 14.1 Å². The number of hydrogen-bond donors (Lipinski definition) is 1. The molecule has 2 rings (SSSR count). The number of nitrogens with one attached hydrogen (secondary N) is 1. The van der Waals surface area contributed by atoms with Crippen molar-refractivity contribution in [3.8, 4) is 5.75 Å². The van der Waals surface area contributed by atoms with Crippen LogP contribution < -0.4 is 10.1 Å². The van der Waals surface area contributed by atoms with Crippen molar-refractivity contribution in [2.45, 2.75) is 13.0 Å². The Morgan fingerprint density at radius 3 is 2.65 bits per heavy atom. The van der Waals surface area contributed by atoms with Crippen LogP contribution in [0.4, 0.5) is 0 Å². The van der Waals surface area contributed by atoms with E-state index in [-0.39, 0.29) is 6.04 Å². The molecule has 1 aromatic heterocycles. The number of aromatic nitrogens is 2. The second kappa shape index (κ2) is 5.75. The van der Waals surface area contributed by atoms with Gasteiger partial charge in [-0.1, -0.05) is 19.1 Å². The molecule has 1 unspecified atom stereocenters. The monoisotopic (exact) mass is 249 g/mol. The molecule has 1 heterocycles. The normalized spacial score (nSPS) is 12.4. The number of methoxy groups -OCH3 is 1. The van der Waals surface area contributed by atoms with Gasteiger partial charge < -0.3 is 10.1 Å². The molecular formula is C12H15N3OS. The van der Waals surface area contributed by atoms with Gasteiger partial charge in [-0.2, -0.15) is 8.75 Å². The Labute approximate surface area is 105 Å². The molecule has 0 saturated heterocycles. The van der Waals surface area contributed by atoms with Gasteiger partial charge in [0.2, 0.25) is 0 Å². The van der Waals surface area contributed by atoms with Crippen LogP contribution in [0.25, 0.3) is 0 Å². The lowest BCUT2D eigenvalue weighted by Crippen LogP contribution is -2.22. The number of hydrogen-bond acceptors (Lipinski definition) is 5. The van der Waals surface area contributed by atoms with Gasteiger partial charge in [-0.25, -0.2) is 0 Å². The number of nitrogens with zero attached hydrogens (tertiary/aromatic N) is 2. The Hall–Kier alpha value is -1.46. The zero-order chi connectivity index (χ0) is 12.1. The lowest BCUT2D eigenvalue weighted by molar-refractivity contribution is 0.414. The van der Waals surface area contributed by atoms with Crippen LogP contribution >= 0.6 is 11.7 Å². The number of ether oxygens (including phenoxy) is 1. The van der Waals surface area contributed by atoms with Gasteiger partial charge in [0.05, 0.1) is 36.8 Å². The summed E-state index contributed by atoms with van der Waals surface area (Å²) >= 11 is 1.23. The van der Waals surface area contributed by atoms with E-state index in [9.17, 15) is 0 Å². The van der Waals surface area contributed by atoms with Gasteiger partial charge in [0.1, 0.15) is 5.75 Å². The lowest BCUT2D eigenvalue weighted by atomic mass is 10.0. The van der Waals surface area contributed by atoms with Crippen molar-refractivity contribution in [2.24, 2.45) is 0 Å². The minimum absolute atomic E-state index is 0.102. The molecule has 1 aromatic carbocycles. The minimum atomic E-state index is 0.102. The molecule has 0 bridgehead atoms. The lowest BCUT2D eigenvalue weighted by Gasteiger charge is -2.15. The number of rotatable bonds is 5. The van der Waals surface area contributed by atoms with E-state index < -0.39 is 0 Å². The van der Waals surface area contributed by atoms with Crippen molar-refractivity contribution in [3.05, 3.63) is 41.7 Å². The van der Waals surface area contributed by atoms with Crippen LogP contribution in [0.1, 0.15) is 24.2 Å². The molecule has 0 spiro atoms. The highest BCUT2D eigenvalue weighted by Crippen LogP contribution is 2.22. The topological polar surface area (TPSA) is 47.0 Å². The third kappa shape index (κ3) is 2.81. The van der Waals surface area contributed by atoms with Crippen molar-refractivity contribution in [1.29, 1.82) is 0 Å². The van der Waals surface area contributed by atoms with E-state index in [1.54, 1.807) is 7.11 Å². The summed E-state index contributed by atoms with van der Waals surface area (Å²) in [5.74, 6) is 0.861. The second-order valence-corrected chi connectivity index (χ2v) is 4.15. The quantitative estimate of drug-likeness (QED) is 0.883. The van der Waals surface area contributed by atoms with Crippen LogP contribution in [-0.2, 0) is 0 Å². The molecule has 0 fully saturated rings. The van der Waals surface area contributed by atoms with Gasteiger partial charge in [0.15, 0.2) is 0 Å². The Bertz CT molecular complexity index is 441. The van der Waals surface area contributed by atoms with E-state index in [0.717, 1.165) is 18.0 Å². The molecule has 0 aliphatic carbocycles. The molecule has 4 nitrogen and oxygen atoms in total. The largest absolute Gasteiger partial charge is 0.497 e. The summed E-state index contributed by atoms with van der Waals surface area (Å²) in [5.41, 5.74) is 2.13. The van der Waals surface area contributed by atoms with E-state index >= 15 is 0 Å². The molecule has 0 amide bonds. The highest BCUT2D eigenvalue weighted by atomic mass is 32.1. The summed E-state index contributed by atoms with van der Waals surface area (Å²) in [4.78, 5) is 0. The first-order valence-electron chi connectivity index (χ1n) is 5.50. The van der Waals surface area contributed by atoms with Gasteiger partial charge in [-0.15, -0.1) is 0 Å². The Kier molecular flexibility index (Phi) is 4.06. The van der Waals surface area contributed by atoms with E-state index in [1.165, 1.54) is 17.3 Å². The summed E-state index contributed by atoms with van der Waals surface area (Å²) in [5, 5.41) is 3.40. The average molecular weight is 249 g/mol. The Morgan fingerprint density at radius 2 is 2.12 bits per heavy atom. The Balaban J connectivity index is 2.26. The van der Waals surface area contributed by atoms with Gasteiger partial charge >= 0.3 is 0 Å². The standard InChI is InChI=1S/C12H15N3OS/c1-3-13-12(11-8-14-17-15-11)9-4-6-10(16-2)7-5-9/h4-8,12-13H,3H2,1-2H3. The van der Waals surface area contributed by atoms with Crippen LogP contribution in [0, 0.1) is 0 Å². The van der Waals surface area contributed by atoms with Gasteiger partial charge in [-0.3, -0.25) is 0 Å². The molecule has 0 aliphatic heterocycles. The van der Waals surface area contributed by atoms with Crippen molar-refractivity contribution >= 4 is 11.7 Å². The summed E-state index contributed by atoms with van der Waals surface area (Å²) in [6.45, 7) is 2.96. The van der Waals surface area contributed by atoms with Crippen LogP contribution in [0.3, 0.4) is 0 Å².